The van der Waals surface area contributed by atoms with Crippen LogP contribution in [0.25, 0.3) is 0 Å². The van der Waals surface area contributed by atoms with Gasteiger partial charge in [0, 0.05) is 13.1 Å². The lowest BCUT2D eigenvalue weighted by Crippen LogP contribution is -2.28. The van der Waals surface area contributed by atoms with Gasteiger partial charge in [-0.2, -0.15) is 11.8 Å². The predicted octanol–water partition coefficient (Wildman–Crippen LogP) is 1.48. The van der Waals surface area contributed by atoms with Gasteiger partial charge >= 0.3 is 0 Å². The van der Waals surface area contributed by atoms with Crippen LogP contribution in [0.2, 0.25) is 0 Å². The van der Waals surface area contributed by atoms with Gasteiger partial charge in [0.2, 0.25) is 10.0 Å². The van der Waals surface area contributed by atoms with Crippen LogP contribution in [-0.2, 0) is 16.6 Å². The van der Waals surface area contributed by atoms with Gasteiger partial charge in [-0.15, -0.1) is 11.3 Å². The molecule has 1 unspecified atom stereocenters. The summed E-state index contributed by atoms with van der Waals surface area (Å²) in [5.41, 5.74) is 6.31. The van der Waals surface area contributed by atoms with Crippen molar-refractivity contribution in [2.75, 3.05) is 18.6 Å². The van der Waals surface area contributed by atoms with Crippen molar-refractivity contribution in [1.29, 1.82) is 0 Å². The van der Waals surface area contributed by atoms with E-state index >= 15 is 0 Å². The van der Waals surface area contributed by atoms with Gasteiger partial charge < -0.3 is 5.73 Å². The SMILES string of the molecule is CSCC(C)CNS(=O)(=O)c1cc(CN)cs1. The highest BCUT2D eigenvalue weighted by atomic mass is 32.2. The molecule has 1 rings (SSSR count). The lowest BCUT2D eigenvalue weighted by molar-refractivity contribution is 0.564. The first-order valence-corrected chi connectivity index (χ1v) is 9.01. The highest BCUT2D eigenvalue weighted by Crippen LogP contribution is 2.19. The van der Waals surface area contributed by atoms with Crippen molar-refractivity contribution in [2.45, 2.75) is 17.7 Å². The van der Waals surface area contributed by atoms with Crippen LogP contribution in [0.5, 0.6) is 0 Å². The lowest BCUT2D eigenvalue weighted by Gasteiger charge is -2.10. The van der Waals surface area contributed by atoms with Crippen molar-refractivity contribution in [2.24, 2.45) is 11.7 Å². The molecular weight excluding hydrogens is 276 g/mol. The fourth-order valence-corrected chi connectivity index (χ4v) is 4.39. The molecule has 0 fully saturated rings. The van der Waals surface area contributed by atoms with Gasteiger partial charge in [-0.05, 0) is 34.9 Å². The van der Waals surface area contributed by atoms with E-state index in [1.165, 1.54) is 11.3 Å². The molecule has 4 nitrogen and oxygen atoms in total. The summed E-state index contributed by atoms with van der Waals surface area (Å²) in [5.74, 6) is 1.27. The number of nitrogens with two attached hydrogens (primary N) is 1. The van der Waals surface area contributed by atoms with Crippen molar-refractivity contribution >= 4 is 33.1 Å². The molecule has 0 radical (unpaired) electrons. The second-order valence-electron chi connectivity index (χ2n) is 3.89. The summed E-state index contributed by atoms with van der Waals surface area (Å²) in [5, 5.41) is 1.78. The minimum Gasteiger partial charge on any atom is -0.326 e. The number of hydrogen-bond donors (Lipinski definition) is 2. The molecular formula is C10H18N2O2S3. The van der Waals surface area contributed by atoms with Gasteiger partial charge in [0.15, 0.2) is 0 Å². The Hall–Kier alpha value is -0.0800. The van der Waals surface area contributed by atoms with Crippen LogP contribution < -0.4 is 10.5 Å². The van der Waals surface area contributed by atoms with E-state index in [4.69, 9.17) is 5.73 Å². The summed E-state index contributed by atoms with van der Waals surface area (Å²) in [6, 6.07) is 1.63. The lowest BCUT2D eigenvalue weighted by atomic mass is 10.2. The molecule has 1 heterocycles. The van der Waals surface area contributed by atoms with E-state index in [1.807, 2.05) is 13.2 Å². The topological polar surface area (TPSA) is 72.2 Å². The fourth-order valence-electron chi connectivity index (χ4n) is 1.27. The van der Waals surface area contributed by atoms with Crippen molar-refractivity contribution < 1.29 is 8.42 Å². The van der Waals surface area contributed by atoms with Gasteiger partial charge in [-0.1, -0.05) is 6.92 Å². The van der Waals surface area contributed by atoms with E-state index in [0.29, 0.717) is 23.2 Å². The smallest absolute Gasteiger partial charge is 0.250 e. The predicted molar refractivity (Wildman–Crippen MR) is 74.9 cm³/mol. The maximum Gasteiger partial charge on any atom is 0.250 e. The maximum atomic E-state index is 11.9. The Morgan fingerprint density at radius 2 is 2.29 bits per heavy atom. The number of sulfonamides is 1. The summed E-state index contributed by atoms with van der Waals surface area (Å²) in [6.07, 6.45) is 2.01. The molecule has 1 aromatic rings. The van der Waals surface area contributed by atoms with Crippen molar-refractivity contribution in [3.63, 3.8) is 0 Å². The molecule has 0 bridgehead atoms. The van der Waals surface area contributed by atoms with Crippen LogP contribution in [0, 0.1) is 5.92 Å². The van der Waals surface area contributed by atoms with Crippen LogP contribution in [0.3, 0.4) is 0 Å². The van der Waals surface area contributed by atoms with Gasteiger partial charge in [0.25, 0.3) is 0 Å². The maximum absolute atomic E-state index is 11.9. The molecule has 7 heteroatoms. The van der Waals surface area contributed by atoms with Crippen molar-refractivity contribution in [1.82, 2.24) is 4.72 Å². The minimum atomic E-state index is -3.36. The Morgan fingerprint density at radius 1 is 1.59 bits per heavy atom. The monoisotopic (exact) mass is 294 g/mol. The zero-order chi connectivity index (χ0) is 12.9. The third kappa shape index (κ3) is 4.59. The number of thioether (sulfide) groups is 1. The van der Waals surface area contributed by atoms with E-state index in [1.54, 1.807) is 23.2 Å². The highest BCUT2D eigenvalue weighted by Gasteiger charge is 2.17. The van der Waals surface area contributed by atoms with E-state index in [0.717, 1.165) is 11.3 Å². The number of hydrogen-bond acceptors (Lipinski definition) is 5. The largest absolute Gasteiger partial charge is 0.326 e. The average Bonchev–Trinajstić information content (AvgIpc) is 2.76. The van der Waals surface area contributed by atoms with Gasteiger partial charge in [0.05, 0.1) is 0 Å². The molecule has 0 spiro atoms. The summed E-state index contributed by atoms with van der Waals surface area (Å²) in [7, 11) is -3.36. The molecule has 0 saturated heterocycles. The number of rotatable bonds is 7. The molecule has 17 heavy (non-hydrogen) atoms. The Kier molecular flexibility index (Phi) is 5.94. The first-order valence-electron chi connectivity index (χ1n) is 5.25. The van der Waals surface area contributed by atoms with Crippen LogP contribution in [-0.4, -0.2) is 27.0 Å². The van der Waals surface area contributed by atoms with Crippen LogP contribution in [0.4, 0.5) is 0 Å². The van der Waals surface area contributed by atoms with Crippen LogP contribution in [0.1, 0.15) is 12.5 Å². The molecule has 1 aromatic heterocycles. The second kappa shape index (κ2) is 6.75. The standard InChI is InChI=1S/C10H18N2O2S3/c1-8(6-15-2)5-12-17(13,14)10-3-9(4-11)7-16-10/h3,7-8,12H,4-6,11H2,1-2H3. The number of nitrogens with one attached hydrogen (secondary N) is 1. The molecule has 1 atom stereocenters. The molecule has 0 aliphatic carbocycles. The fraction of sp³-hybridized carbons (Fsp3) is 0.600. The molecule has 0 amide bonds. The highest BCUT2D eigenvalue weighted by molar-refractivity contribution is 7.98. The van der Waals surface area contributed by atoms with Gasteiger partial charge in [-0.3, -0.25) is 0 Å². The zero-order valence-corrected chi connectivity index (χ0v) is 12.4. The Morgan fingerprint density at radius 3 is 2.82 bits per heavy atom. The molecule has 0 saturated carbocycles. The molecule has 98 valence electrons. The van der Waals surface area contributed by atoms with Crippen molar-refractivity contribution in [3.05, 3.63) is 17.0 Å². The van der Waals surface area contributed by atoms with Gasteiger partial charge in [0.1, 0.15) is 4.21 Å². The Balaban J connectivity index is 2.62. The molecule has 0 aromatic carbocycles. The first-order chi connectivity index (χ1) is 7.99. The first kappa shape index (κ1) is 15.0. The van der Waals surface area contributed by atoms with E-state index in [-0.39, 0.29) is 0 Å². The second-order valence-corrected chi connectivity index (χ2v) is 7.71. The minimum absolute atomic E-state index is 0.328. The van der Waals surface area contributed by atoms with Gasteiger partial charge in [-0.25, -0.2) is 13.1 Å². The molecule has 0 aliphatic heterocycles. The zero-order valence-electron chi connectivity index (χ0n) is 9.97. The normalized spacial score (nSPS) is 13.8. The number of thiophene rings is 1. The van der Waals surface area contributed by atoms with Crippen LogP contribution >= 0.6 is 23.1 Å². The summed E-state index contributed by atoms with van der Waals surface area (Å²) >= 11 is 2.93. The van der Waals surface area contributed by atoms with E-state index in [9.17, 15) is 8.42 Å². The third-order valence-corrected chi connectivity index (χ3v) is 6.02. The van der Waals surface area contributed by atoms with E-state index in [2.05, 4.69) is 4.72 Å². The summed E-state index contributed by atoms with van der Waals surface area (Å²) in [6.45, 7) is 2.87. The van der Waals surface area contributed by atoms with Crippen molar-refractivity contribution in [3.8, 4) is 0 Å². The Bertz CT molecular complexity index is 442. The van der Waals surface area contributed by atoms with E-state index < -0.39 is 10.0 Å². The molecule has 3 N–H and O–H groups in total. The quantitative estimate of drug-likeness (QED) is 0.799. The summed E-state index contributed by atoms with van der Waals surface area (Å²) < 4.78 is 26.8. The summed E-state index contributed by atoms with van der Waals surface area (Å²) in [4.78, 5) is 0. The Labute approximate surface area is 111 Å². The van der Waals surface area contributed by atoms with Crippen LogP contribution in [0.15, 0.2) is 15.7 Å². The molecule has 0 aliphatic rings. The third-order valence-electron chi connectivity index (χ3n) is 2.20. The average molecular weight is 294 g/mol.